The molecular weight excluding hydrogens is 421 g/mol. The smallest absolute Gasteiger partial charge is 0.306 e. The van der Waals surface area contributed by atoms with Crippen molar-refractivity contribution in [2.75, 3.05) is 6.54 Å². The number of hydrogen-bond donors (Lipinski definition) is 2. The van der Waals surface area contributed by atoms with Gasteiger partial charge in [0.25, 0.3) is 5.91 Å². The van der Waals surface area contributed by atoms with Crippen LogP contribution in [0.5, 0.6) is 0 Å². The molecule has 1 aromatic heterocycles. The lowest BCUT2D eigenvalue weighted by Gasteiger charge is -2.27. The molecule has 1 saturated carbocycles. The largest absolute Gasteiger partial charge is 0.481 e. The van der Waals surface area contributed by atoms with Gasteiger partial charge in [0.15, 0.2) is 0 Å². The van der Waals surface area contributed by atoms with Gasteiger partial charge >= 0.3 is 5.97 Å². The lowest BCUT2D eigenvalue weighted by atomic mass is 9.90. The molecular formula is C23H21ClFN3O3. The zero-order chi connectivity index (χ0) is 21.7. The van der Waals surface area contributed by atoms with Crippen LogP contribution in [0.2, 0.25) is 5.02 Å². The Morgan fingerprint density at radius 1 is 1.16 bits per heavy atom. The molecule has 31 heavy (non-hydrogen) atoms. The second-order valence-corrected chi connectivity index (χ2v) is 8.69. The predicted molar refractivity (Wildman–Crippen MR) is 114 cm³/mol. The Kier molecular flexibility index (Phi) is 5.02. The first kappa shape index (κ1) is 20.2. The van der Waals surface area contributed by atoms with Crippen molar-refractivity contribution in [1.29, 1.82) is 0 Å². The van der Waals surface area contributed by atoms with Crippen LogP contribution in [0.4, 0.5) is 4.39 Å². The van der Waals surface area contributed by atoms with E-state index in [2.05, 4.69) is 10.4 Å². The van der Waals surface area contributed by atoms with Crippen molar-refractivity contribution in [1.82, 2.24) is 15.1 Å². The van der Waals surface area contributed by atoms with Gasteiger partial charge in [-0.3, -0.25) is 9.59 Å². The van der Waals surface area contributed by atoms with Gasteiger partial charge in [0.2, 0.25) is 0 Å². The van der Waals surface area contributed by atoms with E-state index in [1.54, 1.807) is 12.1 Å². The summed E-state index contributed by atoms with van der Waals surface area (Å²) >= 11 is 6.42. The minimum atomic E-state index is -0.878. The molecule has 1 aliphatic heterocycles. The highest BCUT2D eigenvalue weighted by molar-refractivity contribution is 6.34. The molecule has 1 aliphatic carbocycles. The molecule has 2 aliphatic rings. The van der Waals surface area contributed by atoms with E-state index < -0.39 is 29.7 Å². The van der Waals surface area contributed by atoms with E-state index in [1.165, 1.54) is 16.8 Å². The normalized spacial score (nSPS) is 21.4. The third-order valence-corrected chi connectivity index (χ3v) is 6.55. The molecule has 160 valence electrons. The van der Waals surface area contributed by atoms with Crippen molar-refractivity contribution >= 4 is 34.4 Å². The number of nitrogens with zero attached hydrogens (tertiary/aromatic N) is 2. The summed E-state index contributed by atoms with van der Waals surface area (Å²) in [5, 5.41) is 17.8. The first-order valence-corrected chi connectivity index (χ1v) is 10.8. The fraction of sp³-hybridized carbons (Fsp3) is 0.348. The molecule has 0 amide bonds. The van der Waals surface area contributed by atoms with Gasteiger partial charge in [-0.05, 0) is 61.9 Å². The molecule has 8 heteroatoms. The summed E-state index contributed by atoms with van der Waals surface area (Å²) in [6.45, 7) is 0.481. The number of aromatic nitrogens is 2. The molecule has 0 bridgehead atoms. The van der Waals surface area contributed by atoms with Gasteiger partial charge in [-0.15, -0.1) is 0 Å². The minimum absolute atomic E-state index is 0.236. The SMILES string of the molecule is O=C(O)C1CCNC(c2nn(C(=O)c3c(Cl)cccc3C3CC3)c3cccc(F)c23)C1. The van der Waals surface area contributed by atoms with E-state index in [9.17, 15) is 19.1 Å². The first-order valence-electron chi connectivity index (χ1n) is 10.4. The van der Waals surface area contributed by atoms with Crippen LogP contribution in [0.25, 0.3) is 10.9 Å². The number of halogens is 2. The van der Waals surface area contributed by atoms with Gasteiger partial charge in [0.05, 0.1) is 39.1 Å². The first-order chi connectivity index (χ1) is 15.0. The van der Waals surface area contributed by atoms with Crippen molar-refractivity contribution in [3.05, 3.63) is 64.1 Å². The summed E-state index contributed by atoms with van der Waals surface area (Å²) in [7, 11) is 0. The van der Waals surface area contributed by atoms with E-state index >= 15 is 0 Å². The Labute approximate surface area is 183 Å². The van der Waals surface area contributed by atoms with Crippen LogP contribution < -0.4 is 5.32 Å². The number of aliphatic carboxylic acids is 1. The zero-order valence-corrected chi connectivity index (χ0v) is 17.4. The number of nitrogens with one attached hydrogen (secondary N) is 1. The molecule has 3 aromatic rings. The highest BCUT2D eigenvalue weighted by Crippen LogP contribution is 2.43. The second-order valence-electron chi connectivity index (χ2n) is 8.28. The maximum atomic E-state index is 14.9. The highest BCUT2D eigenvalue weighted by atomic mass is 35.5. The maximum Gasteiger partial charge on any atom is 0.306 e. The van der Waals surface area contributed by atoms with E-state index in [-0.39, 0.29) is 11.8 Å². The standard InChI is InChI=1S/C23H21ClFN3O3/c24-15-4-1-3-14(12-7-8-12)19(15)22(29)28-18-6-2-5-16(25)20(18)21(27-28)17-11-13(23(30)31)9-10-26-17/h1-6,12-13,17,26H,7-11H2,(H,30,31). The Morgan fingerprint density at radius 3 is 2.68 bits per heavy atom. The van der Waals surface area contributed by atoms with Gasteiger partial charge in [-0.25, -0.2) is 4.39 Å². The third kappa shape index (κ3) is 3.51. The van der Waals surface area contributed by atoms with Crippen LogP contribution in [-0.2, 0) is 4.79 Å². The molecule has 0 radical (unpaired) electrons. The lowest BCUT2D eigenvalue weighted by molar-refractivity contribution is -0.143. The predicted octanol–water partition coefficient (Wildman–Crippen LogP) is 4.52. The van der Waals surface area contributed by atoms with Crippen LogP contribution in [0.15, 0.2) is 36.4 Å². The fourth-order valence-corrected chi connectivity index (χ4v) is 4.77. The average molecular weight is 442 g/mol. The number of carboxylic acids is 1. The molecule has 2 aromatic carbocycles. The number of fused-ring (bicyclic) bond motifs is 1. The third-order valence-electron chi connectivity index (χ3n) is 6.24. The summed E-state index contributed by atoms with van der Waals surface area (Å²) in [6.07, 6.45) is 2.78. The van der Waals surface area contributed by atoms with Crippen molar-refractivity contribution < 1.29 is 19.1 Å². The lowest BCUT2D eigenvalue weighted by Crippen LogP contribution is -2.35. The zero-order valence-electron chi connectivity index (χ0n) is 16.6. The Morgan fingerprint density at radius 2 is 1.94 bits per heavy atom. The number of benzene rings is 2. The number of hydrogen-bond acceptors (Lipinski definition) is 4. The molecule has 2 fully saturated rings. The van der Waals surface area contributed by atoms with E-state index in [0.717, 1.165) is 18.4 Å². The van der Waals surface area contributed by atoms with Crippen LogP contribution in [0.3, 0.4) is 0 Å². The summed E-state index contributed by atoms with van der Waals surface area (Å²) in [5.41, 5.74) is 1.99. The van der Waals surface area contributed by atoms with Gasteiger partial charge in [-0.1, -0.05) is 29.8 Å². The molecule has 2 atom stereocenters. The van der Waals surface area contributed by atoms with Crippen LogP contribution >= 0.6 is 11.6 Å². The van der Waals surface area contributed by atoms with Gasteiger partial charge in [-0.2, -0.15) is 9.78 Å². The van der Waals surface area contributed by atoms with E-state index in [0.29, 0.717) is 40.7 Å². The molecule has 1 saturated heterocycles. The Hall–Kier alpha value is -2.77. The van der Waals surface area contributed by atoms with Crippen LogP contribution in [-0.4, -0.2) is 33.3 Å². The summed E-state index contributed by atoms with van der Waals surface area (Å²) in [5.74, 6) is -2.02. The number of carbonyl (C=O) groups excluding carboxylic acids is 1. The number of rotatable bonds is 4. The molecule has 6 nitrogen and oxygen atoms in total. The number of carboxylic acid groups (broad SMARTS) is 1. The number of piperidine rings is 1. The molecule has 2 unspecified atom stereocenters. The van der Waals surface area contributed by atoms with Crippen molar-refractivity contribution in [3.63, 3.8) is 0 Å². The minimum Gasteiger partial charge on any atom is -0.481 e. The maximum absolute atomic E-state index is 14.9. The summed E-state index contributed by atoms with van der Waals surface area (Å²) in [4.78, 5) is 25.1. The monoisotopic (exact) mass is 441 g/mol. The fourth-order valence-electron chi connectivity index (χ4n) is 4.51. The van der Waals surface area contributed by atoms with Crippen molar-refractivity contribution in [2.24, 2.45) is 5.92 Å². The highest BCUT2D eigenvalue weighted by Gasteiger charge is 2.34. The van der Waals surface area contributed by atoms with Crippen LogP contribution in [0, 0.1) is 11.7 Å². The second kappa shape index (κ2) is 7.73. The molecule has 2 N–H and O–H groups in total. The van der Waals surface area contributed by atoms with Crippen LogP contribution in [0.1, 0.15) is 59.3 Å². The van der Waals surface area contributed by atoms with Gasteiger partial charge < -0.3 is 10.4 Å². The molecule has 5 rings (SSSR count). The van der Waals surface area contributed by atoms with Gasteiger partial charge in [0, 0.05) is 0 Å². The summed E-state index contributed by atoms with van der Waals surface area (Å²) < 4.78 is 16.1. The van der Waals surface area contributed by atoms with Crippen molar-refractivity contribution in [3.8, 4) is 0 Å². The van der Waals surface area contributed by atoms with E-state index in [1.807, 2.05) is 12.1 Å². The Bertz CT molecular complexity index is 1200. The van der Waals surface area contributed by atoms with Gasteiger partial charge in [0.1, 0.15) is 5.82 Å². The Balaban J connectivity index is 1.64. The quantitative estimate of drug-likeness (QED) is 0.621. The molecule has 2 heterocycles. The summed E-state index contributed by atoms with van der Waals surface area (Å²) in [6, 6.07) is 9.46. The number of carbonyl (C=O) groups is 2. The van der Waals surface area contributed by atoms with E-state index in [4.69, 9.17) is 11.6 Å². The average Bonchev–Trinajstić information content (AvgIpc) is 3.53. The topological polar surface area (TPSA) is 84.2 Å². The van der Waals surface area contributed by atoms with Crippen molar-refractivity contribution in [2.45, 2.75) is 37.6 Å². The molecule has 0 spiro atoms.